The molecule has 2 aromatic heterocycles. The number of thioether (sulfide) groups is 1. The fourth-order valence-corrected chi connectivity index (χ4v) is 5.57. The van der Waals surface area contributed by atoms with Crippen LogP contribution in [0.2, 0.25) is 0 Å². The Morgan fingerprint density at radius 1 is 1.03 bits per heavy atom. The summed E-state index contributed by atoms with van der Waals surface area (Å²) >= 11 is 6.52. The summed E-state index contributed by atoms with van der Waals surface area (Å²) in [4.78, 5) is 15.1. The molecule has 4 aromatic rings. The van der Waals surface area contributed by atoms with Crippen molar-refractivity contribution in [3.05, 3.63) is 87.8 Å². The zero-order valence-corrected chi connectivity index (χ0v) is 20.8. The number of para-hydroxylation sites is 1. The van der Waals surface area contributed by atoms with Crippen molar-refractivity contribution in [2.24, 2.45) is 10.2 Å². The number of aromatic nitrogens is 2. The number of aryl methyl sites for hydroxylation is 1. The molecule has 0 radical (unpaired) electrons. The second-order valence-electron chi connectivity index (χ2n) is 7.30. The summed E-state index contributed by atoms with van der Waals surface area (Å²) < 4.78 is 2.87. The minimum atomic E-state index is -0.00109. The van der Waals surface area contributed by atoms with Crippen LogP contribution in [0.1, 0.15) is 11.1 Å². The van der Waals surface area contributed by atoms with Gasteiger partial charge in [-0.05, 0) is 59.3 Å². The minimum Gasteiger partial charge on any atom is -0.273 e. The molecule has 0 saturated carbocycles. The van der Waals surface area contributed by atoms with Gasteiger partial charge in [-0.25, -0.2) is 4.68 Å². The van der Waals surface area contributed by atoms with Gasteiger partial charge >= 0.3 is 0 Å². The molecule has 0 bridgehead atoms. The Balaban J connectivity index is 1.48. The average Bonchev–Trinajstić information content (AvgIpc) is 3.54. The maximum absolute atomic E-state index is 12.5. The smallest absolute Gasteiger partial charge is 0.243 e. The maximum atomic E-state index is 12.5. The molecule has 164 valence electrons. The Morgan fingerprint density at radius 3 is 2.55 bits per heavy atom. The van der Waals surface area contributed by atoms with Crippen molar-refractivity contribution in [3.8, 4) is 16.3 Å². The molecule has 5 rings (SSSR count). The lowest BCUT2D eigenvalue weighted by Gasteiger charge is -2.15. The van der Waals surface area contributed by atoms with E-state index in [1.54, 1.807) is 22.5 Å². The summed E-state index contributed by atoms with van der Waals surface area (Å²) in [5.74, 6) is 0.349. The molecule has 1 aliphatic rings. The van der Waals surface area contributed by atoms with Crippen LogP contribution in [-0.4, -0.2) is 32.8 Å². The van der Waals surface area contributed by atoms with Gasteiger partial charge in [-0.15, -0.1) is 16.4 Å². The molecule has 3 heterocycles. The fourth-order valence-electron chi connectivity index (χ4n) is 3.35. The lowest BCUT2D eigenvalue weighted by Crippen LogP contribution is -2.28. The number of hydrogen-bond donors (Lipinski definition) is 0. The number of nitrogens with zero attached hydrogens (tertiary/aromatic N) is 5. The average molecular weight is 536 g/mol. The molecule has 1 saturated heterocycles. The van der Waals surface area contributed by atoms with Crippen molar-refractivity contribution in [1.82, 2.24) is 9.78 Å². The normalized spacial score (nSPS) is 15.3. The first-order valence-corrected chi connectivity index (χ1v) is 12.7. The van der Waals surface area contributed by atoms with Gasteiger partial charge in [0.15, 0.2) is 5.17 Å². The number of rotatable bonds is 5. The van der Waals surface area contributed by atoms with Crippen LogP contribution in [0.3, 0.4) is 0 Å². The monoisotopic (exact) mass is 535 g/mol. The Morgan fingerprint density at radius 2 is 1.82 bits per heavy atom. The van der Waals surface area contributed by atoms with Gasteiger partial charge in [-0.1, -0.05) is 47.7 Å². The van der Waals surface area contributed by atoms with Crippen molar-refractivity contribution in [1.29, 1.82) is 0 Å². The van der Waals surface area contributed by atoms with Gasteiger partial charge < -0.3 is 0 Å². The molecule has 6 nitrogen and oxygen atoms in total. The second-order valence-corrected chi connectivity index (χ2v) is 10.7. The second kappa shape index (κ2) is 9.46. The van der Waals surface area contributed by atoms with E-state index in [1.807, 2.05) is 84.5 Å². The highest BCUT2D eigenvalue weighted by Crippen LogP contribution is 2.32. The SMILES string of the molecule is Cc1ccc(N2C(=O)CS/C2=N/N=C/c2cn(-c3ccccc3)nc2-c2ccc(Br)s2)cc1. The van der Waals surface area contributed by atoms with Gasteiger partial charge in [0.05, 0.1) is 32.0 Å². The highest BCUT2D eigenvalue weighted by atomic mass is 79.9. The first-order valence-electron chi connectivity index (χ1n) is 10.1. The van der Waals surface area contributed by atoms with E-state index in [9.17, 15) is 4.79 Å². The van der Waals surface area contributed by atoms with E-state index in [4.69, 9.17) is 5.10 Å². The summed E-state index contributed by atoms with van der Waals surface area (Å²) in [6.45, 7) is 2.02. The van der Waals surface area contributed by atoms with Gasteiger partial charge in [0.25, 0.3) is 0 Å². The molecule has 2 aromatic carbocycles. The van der Waals surface area contributed by atoms with Crippen LogP contribution < -0.4 is 4.90 Å². The molecular formula is C24H18BrN5OS2. The summed E-state index contributed by atoms with van der Waals surface area (Å²) in [6, 6.07) is 21.8. The number of benzene rings is 2. The van der Waals surface area contributed by atoms with Crippen molar-refractivity contribution in [2.45, 2.75) is 6.92 Å². The molecule has 1 aliphatic heterocycles. The number of carbonyl (C=O) groups excluding carboxylic acids is 1. The highest BCUT2D eigenvalue weighted by molar-refractivity contribution is 9.11. The van der Waals surface area contributed by atoms with Gasteiger partial charge in [-0.2, -0.15) is 10.2 Å². The molecule has 1 amide bonds. The number of carbonyl (C=O) groups is 1. The fraction of sp³-hybridized carbons (Fsp3) is 0.0833. The Hall–Kier alpha value is -3.01. The summed E-state index contributed by atoms with van der Waals surface area (Å²) in [6.07, 6.45) is 3.63. The summed E-state index contributed by atoms with van der Waals surface area (Å²) in [5, 5.41) is 14.1. The van der Waals surface area contributed by atoms with E-state index in [2.05, 4.69) is 26.1 Å². The number of amidine groups is 1. The van der Waals surface area contributed by atoms with E-state index in [0.29, 0.717) is 10.9 Å². The topological polar surface area (TPSA) is 62.9 Å². The van der Waals surface area contributed by atoms with Crippen LogP contribution in [0.15, 0.2) is 86.9 Å². The van der Waals surface area contributed by atoms with Crippen LogP contribution in [0.25, 0.3) is 16.3 Å². The largest absolute Gasteiger partial charge is 0.273 e. The van der Waals surface area contributed by atoms with Gasteiger partial charge in [0.1, 0.15) is 5.69 Å². The van der Waals surface area contributed by atoms with Crippen molar-refractivity contribution < 1.29 is 4.79 Å². The van der Waals surface area contributed by atoms with Crippen LogP contribution >= 0.6 is 39.0 Å². The first kappa shape index (κ1) is 21.8. The zero-order chi connectivity index (χ0) is 22.8. The van der Waals surface area contributed by atoms with Gasteiger partial charge in [-0.3, -0.25) is 9.69 Å². The van der Waals surface area contributed by atoms with Crippen LogP contribution in [0.4, 0.5) is 5.69 Å². The van der Waals surface area contributed by atoms with Gasteiger partial charge in [0.2, 0.25) is 5.91 Å². The number of halogens is 1. The van der Waals surface area contributed by atoms with Crippen LogP contribution in [0, 0.1) is 6.92 Å². The van der Waals surface area contributed by atoms with E-state index >= 15 is 0 Å². The Bertz CT molecular complexity index is 1360. The molecule has 9 heteroatoms. The minimum absolute atomic E-state index is 0.00109. The molecule has 0 spiro atoms. The lowest BCUT2D eigenvalue weighted by molar-refractivity contribution is -0.115. The predicted octanol–water partition coefficient (Wildman–Crippen LogP) is 6.14. The molecule has 0 atom stereocenters. The molecule has 1 fully saturated rings. The van der Waals surface area contributed by atoms with Crippen molar-refractivity contribution in [2.75, 3.05) is 10.7 Å². The summed E-state index contributed by atoms with van der Waals surface area (Å²) in [7, 11) is 0. The van der Waals surface area contributed by atoms with E-state index in [0.717, 1.165) is 36.9 Å². The third-order valence-corrected chi connectivity index (χ3v) is 7.51. The number of anilines is 1. The first-order chi connectivity index (χ1) is 16.1. The lowest BCUT2D eigenvalue weighted by atomic mass is 10.2. The highest BCUT2D eigenvalue weighted by Gasteiger charge is 2.29. The van der Waals surface area contributed by atoms with Crippen LogP contribution in [-0.2, 0) is 4.79 Å². The number of hydrogen-bond acceptors (Lipinski definition) is 6. The van der Waals surface area contributed by atoms with Crippen molar-refractivity contribution in [3.63, 3.8) is 0 Å². The quantitative estimate of drug-likeness (QED) is 0.227. The zero-order valence-electron chi connectivity index (χ0n) is 17.6. The third-order valence-electron chi connectivity index (χ3n) is 4.97. The molecule has 0 aliphatic carbocycles. The molecule has 0 unspecified atom stereocenters. The molecular weight excluding hydrogens is 518 g/mol. The van der Waals surface area contributed by atoms with E-state index in [-0.39, 0.29) is 5.91 Å². The predicted molar refractivity (Wildman–Crippen MR) is 141 cm³/mol. The standard InChI is InChI=1S/C24H18BrN5OS2/c1-16-7-9-19(10-8-16)30-22(31)15-32-24(30)27-26-13-17-14-29(18-5-3-2-4-6-18)28-23(17)20-11-12-21(25)33-20/h2-14H,15H2,1H3/b26-13+,27-24+. The Kier molecular flexibility index (Phi) is 6.26. The molecule has 0 N–H and O–H groups in total. The summed E-state index contributed by atoms with van der Waals surface area (Å²) in [5.41, 5.74) is 4.56. The third kappa shape index (κ3) is 4.71. The van der Waals surface area contributed by atoms with E-state index in [1.165, 1.54) is 11.8 Å². The number of thiophene rings is 1. The maximum Gasteiger partial charge on any atom is 0.243 e. The van der Waals surface area contributed by atoms with Gasteiger partial charge in [0, 0.05) is 11.8 Å². The molecule has 33 heavy (non-hydrogen) atoms. The van der Waals surface area contributed by atoms with E-state index < -0.39 is 0 Å². The van der Waals surface area contributed by atoms with Crippen LogP contribution in [0.5, 0.6) is 0 Å². The number of amides is 1. The van der Waals surface area contributed by atoms with Crippen molar-refractivity contribution >= 4 is 62.0 Å². The Labute approximate surface area is 207 Å².